The van der Waals surface area contributed by atoms with Crippen molar-refractivity contribution in [3.05, 3.63) is 68.7 Å². The van der Waals surface area contributed by atoms with E-state index < -0.39 is 5.91 Å². The summed E-state index contributed by atoms with van der Waals surface area (Å²) in [6.07, 6.45) is 0.112. The Kier molecular flexibility index (Phi) is 5.66. The zero-order valence-corrected chi connectivity index (χ0v) is 13.5. The normalized spacial score (nSPS) is 10.1. The molecule has 0 bridgehead atoms. The molecule has 114 valence electrons. The van der Waals surface area contributed by atoms with Crippen LogP contribution in [0.25, 0.3) is 0 Å². The van der Waals surface area contributed by atoms with Gasteiger partial charge in [-0.15, -0.1) is 0 Å². The van der Waals surface area contributed by atoms with Crippen molar-refractivity contribution in [2.45, 2.75) is 6.42 Å². The van der Waals surface area contributed by atoms with Crippen LogP contribution >= 0.6 is 34.8 Å². The molecule has 0 heterocycles. The fourth-order valence-electron chi connectivity index (χ4n) is 1.70. The summed E-state index contributed by atoms with van der Waals surface area (Å²) in [5, 5.41) is 0.989. The fraction of sp³-hybridized carbons (Fsp3) is 0.0667. The third-order valence-electron chi connectivity index (χ3n) is 2.79. The van der Waals surface area contributed by atoms with Crippen molar-refractivity contribution in [1.29, 1.82) is 0 Å². The predicted octanol–water partition coefficient (Wildman–Crippen LogP) is 3.65. The largest absolute Gasteiger partial charge is 0.273 e. The van der Waals surface area contributed by atoms with Gasteiger partial charge in [-0.2, -0.15) is 0 Å². The van der Waals surface area contributed by atoms with Gasteiger partial charge in [-0.1, -0.05) is 53.0 Å². The number of hydrogen-bond donors (Lipinski definition) is 2. The molecule has 0 saturated carbocycles. The maximum atomic E-state index is 11.9. The standard InChI is InChI=1S/C15H11Cl3N2O2/c16-10-6-4-9(5-7-10)8-13(21)19-20-15(22)11-2-1-3-12(17)14(11)18/h1-7H,8H2,(H,19,21)(H,20,22). The molecule has 2 aromatic carbocycles. The molecule has 7 heteroatoms. The van der Waals surface area contributed by atoms with E-state index in [1.165, 1.54) is 6.07 Å². The SMILES string of the molecule is O=C(Cc1ccc(Cl)cc1)NNC(=O)c1cccc(Cl)c1Cl. The quantitative estimate of drug-likeness (QED) is 0.824. The van der Waals surface area contributed by atoms with Crippen LogP contribution in [0.4, 0.5) is 0 Å². The third-order valence-corrected chi connectivity index (χ3v) is 3.86. The molecule has 0 saturated heterocycles. The number of benzene rings is 2. The Labute approximate surface area is 142 Å². The molecule has 0 radical (unpaired) electrons. The Bertz CT molecular complexity index is 702. The lowest BCUT2D eigenvalue weighted by molar-refractivity contribution is -0.121. The first-order chi connectivity index (χ1) is 10.5. The lowest BCUT2D eigenvalue weighted by Gasteiger charge is -2.09. The molecule has 0 spiro atoms. The maximum Gasteiger partial charge on any atom is 0.271 e. The fourth-order valence-corrected chi connectivity index (χ4v) is 2.22. The zero-order valence-electron chi connectivity index (χ0n) is 11.2. The third kappa shape index (κ3) is 4.37. The van der Waals surface area contributed by atoms with Crippen molar-refractivity contribution in [3.8, 4) is 0 Å². The molecule has 0 atom stereocenters. The van der Waals surface area contributed by atoms with Gasteiger partial charge in [-0.05, 0) is 29.8 Å². The second-order valence-corrected chi connectivity index (χ2v) is 5.63. The van der Waals surface area contributed by atoms with E-state index in [0.717, 1.165) is 5.56 Å². The van der Waals surface area contributed by atoms with Crippen LogP contribution in [0, 0.1) is 0 Å². The van der Waals surface area contributed by atoms with Crippen molar-refractivity contribution in [3.63, 3.8) is 0 Å². The average molecular weight is 358 g/mol. The summed E-state index contributed by atoms with van der Waals surface area (Å²) in [5.41, 5.74) is 5.56. The van der Waals surface area contributed by atoms with Gasteiger partial charge in [0.2, 0.25) is 5.91 Å². The zero-order chi connectivity index (χ0) is 16.1. The van der Waals surface area contributed by atoms with Gasteiger partial charge in [-0.3, -0.25) is 20.4 Å². The van der Waals surface area contributed by atoms with Gasteiger partial charge in [0.05, 0.1) is 22.0 Å². The van der Waals surface area contributed by atoms with Crippen LogP contribution in [-0.4, -0.2) is 11.8 Å². The summed E-state index contributed by atoms with van der Waals surface area (Å²) < 4.78 is 0. The van der Waals surface area contributed by atoms with Crippen molar-refractivity contribution in [2.75, 3.05) is 0 Å². The van der Waals surface area contributed by atoms with Crippen LogP contribution in [-0.2, 0) is 11.2 Å². The Balaban J connectivity index is 1.92. The van der Waals surface area contributed by atoms with E-state index in [9.17, 15) is 9.59 Å². The molecule has 2 amide bonds. The number of carbonyl (C=O) groups excluding carboxylic acids is 2. The number of nitrogens with one attached hydrogen (secondary N) is 2. The minimum Gasteiger partial charge on any atom is -0.273 e. The molecular weight excluding hydrogens is 347 g/mol. The number of hydrogen-bond acceptors (Lipinski definition) is 2. The first-order valence-electron chi connectivity index (χ1n) is 6.25. The van der Waals surface area contributed by atoms with E-state index in [2.05, 4.69) is 10.9 Å². The Morgan fingerprint density at radius 3 is 2.27 bits per heavy atom. The smallest absolute Gasteiger partial charge is 0.271 e. The second-order valence-electron chi connectivity index (χ2n) is 4.41. The van der Waals surface area contributed by atoms with Crippen LogP contribution in [0.15, 0.2) is 42.5 Å². The highest BCUT2D eigenvalue weighted by Gasteiger charge is 2.13. The first kappa shape index (κ1) is 16.6. The highest BCUT2D eigenvalue weighted by Crippen LogP contribution is 2.25. The van der Waals surface area contributed by atoms with E-state index in [1.54, 1.807) is 36.4 Å². The molecule has 0 unspecified atom stereocenters. The molecule has 0 aromatic heterocycles. The molecule has 0 aliphatic carbocycles. The van der Waals surface area contributed by atoms with Crippen molar-refractivity contribution in [1.82, 2.24) is 10.9 Å². The summed E-state index contributed by atoms with van der Waals surface area (Å²) in [4.78, 5) is 23.7. The highest BCUT2D eigenvalue weighted by molar-refractivity contribution is 6.43. The number of halogens is 3. The number of amides is 2. The van der Waals surface area contributed by atoms with E-state index in [4.69, 9.17) is 34.8 Å². The van der Waals surface area contributed by atoms with E-state index in [1.807, 2.05) is 0 Å². The van der Waals surface area contributed by atoms with Crippen molar-refractivity contribution in [2.24, 2.45) is 0 Å². The van der Waals surface area contributed by atoms with E-state index in [-0.39, 0.29) is 27.9 Å². The molecule has 0 fully saturated rings. The monoisotopic (exact) mass is 356 g/mol. The topological polar surface area (TPSA) is 58.2 Å². The van der Waals surface area contributed by atoms with Crippen molar-refractivity contribution >= 4 is 46.6 Å². The van der Waals surface area contributed by atoms with Gasteiger partial charge in [0, 0.05) is 5.02 Å². The van der Waals surface area contributed by atoms with Crippen LogP contribution in [0.2, 0.25) is 15.1 Å². The lowest BCUT2D eigenvalue weighted by Crippen LogP contribution is -2.42. The van der Waals surface area contributed by atoms with Gasteiger partial charge in [0.15, 0.2) is 0 Å². The summed E-state index contributed by atoms with van der Waals surface area (Å²) in [6, 6.07) is 11.5. The lowest BCUT2D eigenvalue weighted by atomic mass is 10.1. The molecule has 0 aliphatic heterocycles. The average Bonchev–Trinajstić information content (AvgIpc) is 2.50. The Morgan fingerprint density at radius 2 is 1.59 bits per heavy atom. The Morgan fingerprint density at radius 1 is 0.909 bits per heavy atom. The first-order valence-corrected chi connectivity index (χ1v) is 7.38. The van der Waals surface area contributed by atoms with Gasteiger partial charge >= 0.3 is 0 Å². The summed E-state index contributed by atoms with van der Waals surface area (Å²) >= 11 is 17.5. The van der Waals surface area contributed by atoms with E-state index in [0.29, 0.717) is 5.02 Å². The van der Waals surface area contributed by atoms with Gasteiger partial charge < -0.3 is 0 Å². The Hall–Kier alpha value is -1.75. The number of rotatable bonds is 3. The molecule has 22 heavy (non-hydrogen) atoms. The minimum atomic E-state index is -0.544. The van der Waals surface area contributed by atoms with Gasteiger partial charge in [0.25, 0.3) is 5.91 Å². The summed E-state index contributed by atoms with van der Waals surface area (Å²) in [7, 11) is 0. The maximum absolute atomic E-state index is 11.9. The molecule has 2 aromatic rings. The van der Waals surface area contributed by atoms with Crippen LogP contribution in [0.5, 0.6) is 0 Å². The number of carbonyl (C=O) groups is 2. The molecule has 2 N–H and O–H groups in total. The van der Waals surface area contributed by atoms with Gasteiger partial charge in [0.1, 0.15) is 0 Å². The summed E-state index contributed by atoms with van der Waals surface area (Å²) in [5.74, 6) is -0.911. The number of hydrazine groups is 1. The van der Waals surface area contributed by atoms with Crippen molar-refractivity contribution < 1.29 is 9.59 Å². The van der Waals surface area contributed by atoms with E-state index >= 15 is 0 Å². The second kappa shape index (κ2) is 7.49. The minimum absolute atomic E-state index is 0.112. The van der Waals surface area contributed by atoms with Crippen LogP contribution in [0.1, 0.15) is 15.9 Å². The molecular formula is C15H11Cl3N2O2. The predicted molar refractivity (Wildman–Crippen MR) is 87.2 cm³/mol. The van der Waals surface area contributed by atoms with Crippen LogP contribution in [0.3, 0.4) is 0 Å². The molecule has 4 nitrogen and oxygen atoms in total. The van der Waals surface area contributed by atoms with Gasteiger partial charge in [-0.25, -0.2) is 0 Å². The molecule has 0 aliphatic rings. The molecule has 2 rings (SSSR count). The van der Waals surface area contributed by atoms with Crippen LogP contribution < -0.4 is 10.9 Å². The summed E-state index contributed by atoms with van der Waals surface area (Å²) in [6.45, 7) is 0. The highest BCUT2D eigenvalue weighted by atomic mass is 35.5.